The molecular weight excluding hydrogens is 315 g/mol. The van der Waals surface area contributed by atoms with Crippen molar-refractivity contribution in [3.05, 3.63) is 63.9 Å². The Morgan fingerprint density at radius 3 is 2.63 bits per heavy atom. The summed E-state index contributed by atoms with van der Waals surface area (Å²) in [6.45, 7) is 0.0361. The highest BCUT2D eigenvalue weighted by Gasteiger charge is 2.09. The fourth-order valence-electron chi connectivity index (χ4n) is 1.51. The second-order valence-corrected chi connectivity index (χ2v) is 4.68. The SMILES string of the molecule is O=C(O)c1ccc(COc2ccccc2Br)c(F)c1. The summed E-state index contributed by atoms with van der Waals surface area (Å²) in [5.41, 5.74) is 0.225. The Bertz CT molecular complexity index is 613. The van der Waals surface area contributed by atoms with E-state index in [1.54, 1.807) is 6.07 Å². The van der Waals surface area contributed by atoms with Gasteiger partial charge in [-0.3, -0.25) is 0 Å². The van der Waals surface area contributed by atoms with Gasteiger partial charge < -0.3 is 9.84 Å². The third-order valence-electron chi connectivity index (χ3n) is 2.52. The maximum atomic E-state index is 13.7. The molecule has 0 aliphatic carbocycles. The van der Waals surface area contributed by atoms with Crippen LogP contribution >= 0.6 is 15.9 Å². The van der Waals surface area contributed by atoms with Crippen LogP contribution in [0.15, 0.2) is 46.9 Å². The number of ether oxygens (including phenoxy) is 1. The lowest BCUT2D eigenvalue weighted by molar-refractivity contribution is 0.0696. The number of para-hydroxylation sites is 1. The highest BCUT2D eigenvalue weighted by Crippen LogP contribution is 2.25. The van der Waals surface area contributed by atoms with Crippen LogP contribution in [0.5, 0.6) is 5.75 Å². The van der Waals surface area contributed by atoms with Gasteiger partial charge in [0.15, 0.2) is 0 Å². The monoisotopic (exact) mass is 324 g/mol. The van der Waals surface area contributed by atoms with Crippen molar-refractivity contribution >= 4 is 21.9 Å². The second-order valence-electron chi connectivity index (χ2n) is 3.83. The summed E-state index contributed by atoms with van der Waals surface area (Å²) in [6, 6.07) is 11.0. The van der Waals surface area contributed by atoms with E-state index >= 15 is 0 Å². The molecule has 0 unspecified atom stereocenters. The van der Waals surface area contributed by atoms with Gasteiger partial charge in [0.1, 0.15) is 18.2 Å². The topological polar surface area (TPSA) is 46.5 Å². The lowest BCUT2D eigenvalue weighted by Crippen LogP contribution is -2.02. The summed E-state index contributed by atoms with van der Waals surface area (Å²) in [5, 5.41) is 8.74. The minimum absolute atomic E-state index is 0.0361. The van der Waals surface area contributed by atoms with E-state index in [2.05, 4.69) is 15.9 Å². The predicted molar refractivity (Wildman–Crippen MR) is 71.8 cm³/mol. The van der Waals surface area contributed by atoms with Crippen LogP contribution in [0.3, 0.4) is 0 Å². The Kier molecular flexibility index (Phi) is 4.16. The van der Waals surface area contributed by atoms with Crippen molar-refractivity contribution in [2.45, 2.75) is 6.61 Å². The molecule has 2 aromatic rings. The zero-order valence-corrected chi connectivity index (χ0v) is 11.4. The molecule has 0 saturated carbocycles. The van der Waals surface area contributed by atoms with Gasteiger partial charge >= 0.3 is 5.97 Å². The third-order valence-corrected chi connectivity index (χ3v) is 3.17. The molecule has 0 aliphatic heterocycles. The molecule has 0 aromatic heterocycles. The first-order chi connectivity index (χ1) is 9.08. The van der Waals surface area contributed by atoms with Gasteiger partial charge in [-0.15, -0.1) is 0 Å². The number of hydrogen-bond acceptors (Lipinski definition) is 2. The first-order valence-electron chi connectivity index (χ1n) is 5.47. The van der Waals surface area contributed by atoms with Gasteiger partial charge in [0.25, 0.3) is 0 Å². The van der Waals surface area contributed by atoms with Gasteiger partial charge in [0.2, 0.25) is 0 Å². The minimum Gasteiger partial charge on any atom is -0.488 e. The van der Waals surface area contributed by atoms with Crippen molar-refractivity contribution < 1.29 is 19.0 Å². The molecule has 5 heteroatoms. The number of rotatable bonds is 4. The number of carbonyl (C=O) groups is 1. The molecule has 0 bridgehead atoms. The van der Waals surface area contributed by atoms with Crippen LogP contribution in [0.4, 0.5) is 4.39 Å². The highest BCUT2D eigenvalue weighted by atomic mass is 79.9. The summed E-state index contributed by atoms with van der Waals surface area (Å²) < 4.78 is 19.9. The van der Waals surface area contributed by atoms with Crippen LogP contribution in [0.1, 0.15) is 15.9 Å². The van der Waals surface area contributed by atoms with Crippen molar-refractivity contribution in [1.29, 1.82) is 0 Å². The molecule has 0 heterocycles. The van der Waals surface area contributed by atoms with Gasteiger partial charge in [0.05, 0.1) is 10.0 Å². The molecule has 98 valence electrons. The highest BCUT2D eigenvalue weighted by molar-refractivity contribution is 9.10. The van der Waals surface area contributed by atoms with Crippen LogP contribution in [-0.4, -0.2) is 11.1 Å². The predicted octanol–water partition coefficient (Wildman–Crippen LogP) is 3.87. The Balaban J connectivity index is 2.12. The van der Waals surface area contributed by atoms with Crippen LogP contribution in [0, 0.1) is 5.82 Å². The molecule has 2 aromatic carbocycles. The molecule has 0 saturated heterocycles. The summed E-state index contributed by atoms with van der Waals surface area (Å²) in [5.74, 6) is -1.15. The van der Waals surface area contributed by atoms with Crippen molar-refractivity contribution in [2.75, 3.05) is 0 Å². The molecule has 3 nitrogen and oxygen atoms in total. The molecule has 0 amide bonds. The zero-order valence-electron chi connectivity index (χ0n) is 9.77. The van der Waals surface area contributed by atoms with E-state index in [1.807, 2.05) is 18.2 Å². The van der Waals surface area contributed by atoms with Gasteiger partial charge in [-0.1, -0.05) is 18.2 Å². The number of halogens is 2. The molecule has 0 spiro atoms. The smallest absolute Gasteiger partial charge is 0.335 e. The normalized spacial score (nSPS) is 10.2. The van der Waals surface area contributed by atoms with E-state index in [-0.39, 0.29) is 12.2 Å². The Morgan fingerprint density at radius 2 is 2.00 bits per heavy atom. The molecule has 0 fully saturated rings. The zero-order chi connectivity index (χ0) is 13.8. The minimum atomic E-state index is -1.16. The number of benzene rings is 2. The van der Waals surface area contributed by atoms with Gasteiger partial charge in [-0.2, -0.15) is 0 Å². The first-order valence-corrected chi connectivity index (χ1v) is 6.26. The van der Waals surface area contributed by atoms with Gasteiger partial charge in [-0.05, 0) is 40.2 Å². The van der Waals surface area contributed by atoms with E-state index in [0.717, 1.165) is 10.5 Å². The molecule has 2 rings (SSSR count). The molecular formula is C14H10BrFO3. The standard InChI is InChI=1S/C14H10BrFO3/c15-11-3-1-2-4-13(11)19-8-10-6-5-9(14(17)18)7-12(10)16/h1-7H,8H2,(H,17,18). The van der Waals surface area contributed by atoms with E-state index in [9.17, 15) is 9.18 Å². The fourth-order valence-corrected chi connectivity index (χ4v) is 1.91. The largest absolute Gasteiger partial charge is 0.488 e. The fraction of sp³-hybridized carbons (Fsp3) is 0.0714. The average Bonchev–Trinajstić information content (AvgIpc) is 2.39. The molecule has 0 atom stereocenters. The molecule has 0 radical (unpaired) electrons. The quantitative estimate of drug-likeness (QED) is 0.928. The summed E-state index contributed by atoms with van der Waals surface area (Å²) in [4.78, 5) is 10.7. The maximum Gasteiger partial charge on any atom is 0.335 e. The summed E-state index contributed by atoms with van der Waals surface area (Å²) in [7, 11) is 0. The third kappa shape index (κ3) is 3.32. The van der Waals surface area contributed by atoms with E-state index in [1.165, 1.54) is 12.1 Å². The van der Waals surface area contributed by atoms with Crippen LogP contribution in [-0.2, 0) is 6.61 Å². The number of aromatic carboxylic acids is 1. The molecule has 0 aliphatic rings. The Hall–Kier alpha value is -1.88. The lowest BCUT2D eigenvalue weighted by atomic mass is 10.1. The van der Waals surface area contributed by atoms with Crippen molar-refractivity contribution in [3.63, 3.8) is 0 Å². The van der Waals surface area contributed by atoms with Crippen molar-refractivity contribution in [2.24, 2.45) is 0 Å². The second kappa shape index (κ2) is 5.84. The Morgan fingerprint density at radius 1 is 1.26 bits per heavy atom. The van der Waals surface area contributed by atoms with E-state index < -0.39 is 11.8 Å². The van der Waals surface area contributed by atoms with Crippen LogP contribution in [0.25, 0.3) is 0 Å². The maximum absolute atomic E-state index is 13.7. The van der Waals surface area contributed by atoms with Gasteiger partial charge in [-0.25, -0.2) is 9.18 Å². The van der Waals surface area contributed by atoms with Crippen LogP contribution in [0.2, 0.25) is 0 Å². The van der Waals surface area contributed by atoms with E-state index in [4.69, 9.17) is 9.84 Å². The van der Waals surface area contributed by atoms with E-state index in [0.29, 0.717) is 11.3 Å². The van der Waals surface area contributed by atoms with Crippen molar-refractivity contribution in [1.82, 2.24) is 0 Å². The van der Waals surface area contributed by atoms with Crippen molar-refractivity contribution in [3.8, 4) is 5.75 Å². The summed E-state index contributed by atoms with van der Waals surface area (Å²) in [6.07, 6.45) is 0. The Labute approximate surface area is 117 Å². The number of hydrogen-bond donors (Lipinski definition) is 1. The lowest BCUT2D eigenvalue weighted by Gasteiger charge is -2.09. The number of carboxylic acids is 1. The number of carboxylic acid groups (broad SMARTS) is 1. The van der Waals surface area contributed by atoms with Crippen LogP contribution < -0.4 is 4.74 Å². The first kappa shape index (κ1) is 13.5. The summed E-state index contributed by atoms with van der Waals surface area (Å²) >= 11 is 3.32. The molecule has 1 N–H and O–H groups in total. The van der Waals surface area contributed by atoms with Gasteiger partial charge in [0, 0.05) is 5.56 Å². The average molecular weight is 325 g/mol. The molecule has 19 heavy (non-hydrogen) atoms.